The largest absolute Gasteiger partial charge is 0.329 e. The second-order valence-corrected chi connectivity index (χ2v) is 6.08. The molecule has 0 saturated carbocycles. The van der Waals surface area contributed by atoms with Crippen molar-refractivity contribution in [2.24, 2.45) is 0 Å². The van der Waals surface area contributed by atoms with E-state index in [1.807, 2.05) is 0 Å². The summed E-state index contributed by atoms with van der Waals surface area (Å²) in [7, 11) is 0. The maximum atomic E-state index is 4.92. The summed E-state index contributed by atoms with van der Waals surface area (Å²) in [5.74, 6) is 1.28. The standard InChI is InChI=1S/C16H27N3/c1-2-4-6-8-10-15-14(9-7-5-3-1)18-16-13-17-11-12-19(15)16/h17H,1-13H2. The number of aryl methyl sites for hydroxylation is 1. The first-order valence-corrected chi connectivity index (χ1v) is 8.23. The maximum absolute atomic E-state index is 4.92. The SMILES string of the molecule is C1CCCCCc2c(nc3n2CCNC3)CCCC1. The fourth-order valence-corrected chi connectivity index (χ4v) is 3.51. The molecule has 0 atom stereocenters. The number of hydrogen-bond donors (Lipinski definition) is 1. The third-order valence-electron chi connectivity index (χ3n) is 4.61. The zero-order valence-corrected chi connectivity index (χ0v) is 12.1. The molecule has 0 unspecified atom stereocenters. The topological polar surface area (TPSA) is 29.9 Å². The Morgan fingerprint density at radius 1 is 0.842 bits per heavy atom. The van der Waals surface area contributed by atoms with Gasteiger partial charge in [0.2, 0.25) is 0 Å². The van der Waals surface area contributed by atoms with Gasteiger partial charge in [0, 0.05) is 18.8 Å². The molecule has 0 amide bonds. The van der Waals surface area contributed by atoms with E-state index in [0.29, 0.717) is 0 Å². The van der Waals surface area contributed by atoms with Gasteiger partial charge < -0.3 is 9.88 Å². The molecule has 19 heavy (non-hydrogen) atoms. The highest BCUT2D eigenvalue weighted by atomic mass is 15.2. The Morgan fingerprint density at radius 2 is 1.53 bits per heavy atom. The lowest BCUT2D eigenvalue weighted by molar-refractivity contribution is 0.487. The van der Waals surface area contributed by atoms with E-state index in [1.54, 1.807) is 5.69 Å². The van der Waals surface area contributed by atoms with E-state index < -0.39 is 0 Å². The van der Waals surface area contributed by atoms with Gasteiger partial charge >= 0.3 is 0 Å². The molecular formula is C16H27N3. The number of imidazole rings is 1. The highest BCUT2D eigenvalue weighted by Gasteiger charge is 2.18. The van der Waals surface area contributed by atoms with Gasteiger partial charge in [0.05, 0.1) is 12.2 Å². The van der Waals surface area contributed by atoms with Crippen LogP contribution in [0.25, 0.3) is 0 Å². The molecule has 1 aliphatic carbocycles. The molecule has 3 rings (SSSR count). The van der Waals surface area contributed by atoms with Crippen molar-refractivity contribution in [2.75, 3.05) is 6.54 Å². The predicted molar refractivity (Wildman–Crippen MR) is 78.3 cm³/mol. The zero-order valence-electron chi connectivity index (χ0n) is 12.1. The van der Waals surface area contributed by atoms with Gasteiger partial charge in [0.15, 0.2) is 0 Å². The van der Waals surface area contributed by atoms with Gasteiger partial charge in [0.25, 0.3) is 0 Å². The van der Waals surface area contributed by atoms with E-state index in [9.17, 15) is 0 Å². The molecule has 0 saturated heterocycles. The number of hydrogen-bond acceptors (Lipinski definition) is 2. The van der Waals surface area contributed by atoms with Crippen LogP contribution in [-0.4, -0.2) is 16.1 Å². The first kappa shape index (κ1) is 13.2. The van der Waals surface area contributed by atoms with Crippen LogP contribution in [0.1, 0.15) is 68.6 Å². The van der Waals surface area contributed by atoms with Crippen LogP contribution in [0, 0.1) is 0 Å². The number of fused-ring (bicyclic) bond motifs is 3. The van der Waals surface area contributed by atoms with Crippen molar-refractivity contribution in [3.05, 3.63) is 17.2 Å². The first-order valence-electron chi connectivity index (χ1n) is 8.23. The highest BCUT2D eigenvalue weighted by Crippen LogP contribution is 2.21. The normalized spacial score (nSPS) is 21.9. The summed E-state index contributed by atoms with van der Waals surface area (Å²) in [6, 6.07) is 0. The number of rotatable bonds is 0. The summed E-state index contributed by atoms with van der Waals surface area (Å²) in [5.41, 5.74) is 2.98. The predicted octanol–water partition coefficient (Wildman–Crippen LogP) is 3.21. The summed E-state index contributed by atoms with van der Waals surface area (Å²) in [6.45, 7) is 3.19. The molecule has 0 fully saturated rings. The lowest BCUT2D eigenvalue weighted by Crippen LogP contribution is -2.29. The molecule has 2 heterocycles. The highest BCUT2D eigenvalue weighted by molar-refractivity contribution is 5.19. The summed E-state index contributed by atoms with van der Waals surface area (Å²) < 4.78 is 2.51. The third kappa shape index (κ3) is 3.19. The van der Waals surface area contributed by atoms with Gasteiger partial charge in [0.1, 0.15) is 5.82 Å². The van der Waals surface area contributed by atoms with E-state index in [4.69, 9.17) is 4.98 Å². The lowest BCUT2D eigenvalue weighted by Gasteiger charge is -2.18. The summed E-state index contributed by atoms with van der Waals surface area (Å²) >= 11 is 0. The molecule has 3 heteroatoms. The van der Waals surface area contributed by atoms with E-state index >= 15 is 0 Å². The van der Waals surface area contributed by atoms with Crippen molar-refractivity contribution < 1.29 is 0 Å². The molecular weight excluding hydrogens is 234 g/mol. The van der Waals surface area contributed by atoms with E-state index in [1.165, 1.54) is 75.7 Å². The monoisotopic (exact) mass is 261 g/mol. The van der Waals surface area contributed by atoms with Gasteiger partial charge in [-0.1, -0.05) is 38.5 Å². The summed E-state index contributed by atoms with van der Waals surface area (Å²) in [6.07, 6.45) is 13.7. The first-order chi connectivity index (χ1) is 9.45. The van der Waals surface area contributed by atoms with Crippen molar-refractivity contribution >= 4 is 0 Å². The van der Waals surface area contributed by atoms with E-state index in [-0.39, 0.29) is 0 Å². The molecule has 106 valence electrons. The molecule has 1 N–H and O–H groups in total. The number of nitrogens with one attached hydrogen (secondary N) is 1. The Labute approximate surface area is 116 Å². The molecule has 1 aliphatic heterocycles. The third-order valence-corrected chi connectivity index (χ3v) is 4.61. The van der Waals surface area contributed by atoms with Crippen LogP contribution in [0.4, 0.5) is 0 Å². The second kappa shape index (κ2) is 6.56. The van der Waals surface area contributed by atoms with Gasteiger partial charge in [-0.15, -0.1) is 0 Å². The quantitative estimate of drug-likeness (QED) is 0.777. The van der Waals surface area contributed by atoms with Crippen LogP contribution in [-0.2, 0) is 25.9 Å². The molecule has 1 aromatic rings. The van der Waals surface area contributed by atoms with Crippen molar-refractivity contribution in [3.63, 3.8) is 0 Å². The van der Waals surface area contributed by atoms with Crippen LogP contribution >= 0.6 is 0 Å². The summed E-state index contributed by atoms with van der Waals surface area (Å²) in [5, 5.41) is 3.44. The minimum absolute atomic E-state index is 0.965. The van der Waals surface area contributed by atoms with Crippen molar-refractivity contribution in [2.45, 2.75) is 77.3 Å². The molecule has 0 bridgehead atoms. The fraction of sp³-hybridized carbons (Fsp3) is 0.812. The van der Waals surface area contributed by atoms with E-state index in [2.05, 4.69) is 9.88 Å². The van der Waals surface area contributed by atoms with Gasteiger partial charge in [-0.25, -0.2) is 4.98 Å². The van der Waals surface area contributed by atoms with Crippen LogP contribution in [0.15, 0.2) is 0 Å². The average molecular weight is 261 g/mol. The summed E-state index contributed by atoms with van der Waals surface area (Å²) in [4.78, 5) is 4.92. The van der Waals surface area contributed by atoms with Crippen molar-refractivity contribution in [1.82, 2.24) is 14.9 Å². The Morgan fingerprint density at radius 3 is 2.32 bits per heavy atom. The van der Waals surface area contributed by atoms with Crippen LogP contribution in [0.2, 0.25) is 0 Å². The lowest BCUT2D eigenvalue weighted by atomic mass is 10.0. The van der Waals surface area contributed by atoms with Gasteiger partial charge in [-0.05, 0) is 25.7 Å². The second-order valence-electron chi connectivity index (χ2n) is 6.08. The average Bonchev–Trinajstić information content (AvgIpc) is 2.77. The number of aromatic nitrogens is 2. The minimum atomic E-state index is 0.965. The molecule has 0 radical (unpaired) electrons. The Hall–Kier alpha value is -0.830. The van der Waals surface area contributed by atoms with Crippen LogP contribution < -0.4 is 5.32 Å². The maximum Gasteiger partial charge on any atom is 0.123 e. The molecule has 0 aromatic carbocycles. The number of nitrogens with zero attached hydrogens (tertiary/aromatic N) is 2. The minimum Gasteiger partial charge on any atom is -0.329 e. The van der Waals surface area contributed by atoms with Crippen LogP contribution in [0.5, 0.6) is 0 Å². The van der Waals surface area contributed by atoms with Gasteiger partial charge in [-0.3, -0.25) is 0 Å². The van der Waals surface area contributed by atoms with Gasteiger partial charge in [-0.2, -0.15) is 0 Å². The van der Waals surface area contributed by atoms with Crippen LogP contribution in [0.3, 0.4) is 0 Å². The zero-order chi connectivity index (χ0) is 12.9. The molecule has 0 spiro atoms. The van der Waals surface area contributed by atoms with E-state index in [0.717, 1.165) is 19.6 Å². The molecule has 3 nitrogen and oxygen atoms in total. The van der Waals surface area contributed by atoms with Crippen molar-refractivity contribution in [1.29, 1.82) is 0 Å². The molecule has 2 aliphatic rings. The Kier molecular flexibility index (Phi) is 4.54. The smallest absolute Gasteiger partial charge is 0.123 e. The molecule has 1 aromatic heterocycles. The fourth-order valence-electron chi connectivity index (χ4n) is 3.51. The Bertz CT molecular complexity index is 408. The van der Waals surface area contributed by atoms with Crippen molar-refractivity contribution in [3.8, 4) is 0 Å². The Balaban J connectivity index is 1.78.